The van der Waals surface area contributed by atoms with E-state index in [9.17, 15) is 9.59 Å². The smallest absolute Gasteiger partial charge is 0.335 e. The lowest BCUT2D eigenvalue weighted by molar-refractivity contribution is 0.0696. The van der Waals surface area contributed by atoms with E-state index in [-0.39, 0.29) is 16.9 Å². The molecule has 0 heterocycles. The molecule has 0 fully saturated rings. The zero-order chi connectivity index (χ0) is 17.7. The van der Waals surface area contributed by atoms with Gasteiger partial charge in [-0.1, -0.05) is 32.8 Å². The van der Waals surface area contributed by atoms with E-state index >= 15 is 0 Å². The molecule has 0 bridgehead atoms. The highest BCUT2D eigenvalue weighted by Crippen LogP contribution is 2.18. The summed E-state index contributed by atoms with van der Waals surface area (Å²) >= 11 is 0. The second-order valence-corrected chi connectivity index (χ2v) is 4.70. The third-order valence-corrected chi connectivity index (χ3v) is 2.97. The molecular formula is C18H26O5. The molecule has 0 aliphatic heterocycles. The summed E-state index contributed by atoms with van der Waals surface area (Å²) in [7, 11) is 0. The number of unbranched alkanes of at least 4 members (excludes halogenated alkanes) is 4. The van der Waals surface area contributed by atoms with E-state index in [0.717, 1.165) is 38.2 Å². The summed E-state index contributed by atoms with van der Waals surface area (Å²) in [6.45, 7) is 8.10. The highest BCUT2D eigenvalue weighted by molar-refractivity contribution is 5.94. The van der Waals surface area contributed by atoms with Crippen LogP contribution in [-0.4, -0.2) is 28.8 Å². The van der Waals surface area contributed by atoms with Crippen molar-refractivity contribution in [3.8, 4) is 5.75 Å². The molecule has 0 aromatic heterocycles. The molecule has 0 spiro atoms. The van der Waals surface area contributed by atoms with Gasteiger partial charge in [-0.3, -0.25) is 0 Å². The van der Waals surface area contributed by atoms with Crippen molar-refractivity contribution in [3.63, 3.8) is 0 Å². The van der Waals surface area contributed by atoms with E-state index in [1.165, 1.54) is 12.1 Å². The zero-order valence-corrected chi connectivity index (χ0v) is 13.9. The summed E-state index contributed by atoms with van der Waals surface area (Å²) in [5, 5.41) is 17.9. The van der Waals surface area contributed by atoms with Crippen molar-refractivity contribution in [1.82, 2.24) is 0 Å². The maximum Gasteiger partial charge on any atom is 0.335 e. The number of hydrogen-bond acceptors (Lipinski definition) is 3. The van der Waals surface area contributed by atoms with Gasteiger partial charge in [-0.2, -0.15) is 0 Å². The van der Waals surface area contributed by atoms with Crippen molar-refractivity contribution in [2.24, 2.45) is 0 Å². The van der Waals surface area contributed by atoms with E-state index < -0.39 is 11.9 Å². The number of carboxylic acids is 2. The van der Waals surface area contributed by atoms with Crippen LogP contribution in [0.4, 0.5) is 0 Å². The Morgan fingerprint density at radius 2 is 1.52 bits per heavy atom. The monoisotopic (exact) mass is 322 g/mol. The van der Waals surface area contributed by atoms with Gasteiger partial charge in [0.25, 0.3) is 0 Å². The van der Waals surface area contributed by atoms with Gasteiger partial charge in [0.1, 0.15) is 5.75 Å². The highest BCUT2D eigenvalue weighted by Gasteiger charge is 2.12. The molecule has 0 saturated heterocycles. The van der Waals surface area contributed by atoms with Crippen LogP contribution in [0.5, 0.6) is 5.75 Å². The average molecular weight is 322 g/mol. The van der Waals surface area contributed by atoms with E-state index in [4.69, 9.17) is 14.9 Å². The summed E-state index contributed by atoms with van der Waals surface area (Å²) in [6.07, 6.45) is 6.94. The van der Waals surface area contributed by atoms with Crippen LogP contribution in [0.3, 0.4) is 0 Å². The second kappa shape index (κ2) is 12.3. The molecule has 0 unspecified atom stereocenters. The molecule has 0 radical (unpaired) electrons. The molecule has 1 aromatic carbocycles. The molecule has 5 heteroatoms. The van der Waals surface area contributed by atoms with Gasteiger partial charge in [0.05, 0.1) is 17.7 Å². The number of benzene rings is 1. The summed E-state index contributed by atoms with van der Waals surface area (Å²) in [4.78, 5) is 21.9. The molecule has 1 rings (SSSR count). The quantitative estimate of drug-likeness (QED) is 0.485. The number of hydrogen-bond donors (Lipinski definition) is 2. The van der Waals surface area contributed by atoms with Crippen LogP contribution < -0.4 is 4.74 Å². The van der Waals surface area contributed by atoms with Crippen molar-refractivity contribution in [2.75, 3.05) is 6.61 Å². The lowest BCUT2D eigenvalue weighted by Gasteiger charge is -2.08. The van der Waals surface area contributed by atoms with E-state index in [2.05, 4.69) is 6.58 Å². The van der Waals surface area contributed by atoms with Crippen molar-refractivity contribution < 1.29 is 24.5 Å². The Morgan fingerprint density at radius 1 is 1.00 bits per heavy atom. The molecule has 5 nitrogen and oxygen atoms in total. The lowest BCUT2D eigenvalue weighted by Crippen LogP contribution is -2.05. The Kier molecular flexibility index (Phi) is 11.0. The van der Waals surface area contributed by atoms with E-state index in [0.29, 0.717) is 6.61 Å². The number of carbonyl (C=O) groups is 2. The minimum absolute atomic E-state index is 0.0871. The third-order valence-electron chi connectivity index (χ3n) is 2.97. The number of aromatic carboxylic acids is 2. The fourth-order valence-electron chi connectivity index (χ4n) is 1.86. The van der Waals surface area contributed by atoms with E-state index in [1.54, 1.807) is 0 Å². The summed E-state index contributed by atoms with van der Waals surface area (Å²) < 4.78 is 5.45. The highest BCUT2D eigenvalue weighted by atomic mass is 16.5. The lowest BCUT2D eigenvalue weighted by atomic mass is 10.1. The van der Waals surface area contributed by atoms with Gasteiger partial charge < -0.3 is 14.9 Å². The van der Waals surface area contributed by atoms with Crippen molar-refractivity contribution in [2.45, 2.75) is 46.0 Å². The largest absolute Gasteiger partial charge is 0.494 e. The maximum atomic E-state index is 10.9. The zero-order valence-electron chi connectivity index (χ0n) is 13.9. The van der Waals surface area contributed by atoms with Crippen molar-refractivity contribution >= 4 is 11.9 Å². The first kappa shape index (κ1) is 20.7. The first-order valence-electron chi connectivity index (χ1n) is 7.90. The fourth-order valence-corrected chi connectivity index (χ4v) is 1.86. The molecule has 0 saturated carbocycles. The van der Waals surface area contributed by atoms with Crippen LogP contribution >= 0.6 is 0 Å². The van der Waals surface area contributed by atoms with Crippen LogP contribution in [-0.2, 0) is 0 Å². The van der Waals surface area contributed by atoms with Gasteiger partial charge in [-0.25, -0.2) is 9.59 Å². The first-order valence-corrected chi connectivity index (χ1v) is 7.90. The molecule has 0 aliphatic carbocycles. The summed E-state index contributed by atoms with van der Waals surface area (Å²) in [5.41, 5.74) is -0.174. The molecule has 0 amide bonds. The van der Waals surface area contributed by atoms with Crippen LogP contribution in [0.15, 0.2) is 30.9 Å². The van der Waals surface area contributed by atoms with Crippen molar-refractivity contribution in [1.29, 1.82) is 0 Å². The first-order chi connectivity index (χ1) is 11.0. The Bertz CT molecular complexity index is 476. The maximum absolute atomic E-state index is 10.9. The minimum Gasteiger partial charge on any atom is -0.494 e. The molecule has 2 N–H and O–H groups in total. The molecule has 1 aromatic rings. The van der Waals surface area contributed by atoms with Gasteiger partial charge in [-0.15, -0.1) is 6.58 Å². The third kappa shape index (κ3) is 8.66. The van der Waals surface area contributed by atoms with Gasteiger partial charge >= 0.3 is 11.9 Å². The predicted octanol–water partition coefficient (Wildman–Crippen LogP) is 4.62. The number of carboxylic acid groups (broad SMARTS) is 2. The molecule has 0 atom stereocenters. The van der Waals surface area contributed by atoms with Crippen molar-refractivity contribution in [3.05, 3.63) is 42.0 Å². The number of ether oxygens (including phenoxy) is 1. The van der Waals surface area contributed by atoms with Gasteiger partial charge in [-0.05, 0) is 37.5 Å². The van der Waals surface area contributed by atoms with Gasteiger partial charge in [0, 0.05) is 0 Å². The molecule has 0 aliphatic rings. The Morgan fingerprint density at radius 3 is 2.00 bits per heavy atom. The summed E-state index contributed by atoms with van der Waals surface area (Å²) in [6, 6.07) is 3.80. The van der Waals surface area contributed by atoms with Crippen LogP contribution in [0, 0.1) is 0 Å². The molecule has 128 valence electrons. The van der Waals surface area contributed by atoms with Crippen LogP contribution in [0.1, 0.15) is 66.7 Å². The van der Waals surface area contributed by atoms with E-state index in [1.807, 2.05) is 19.9 Å². The Labute approximate surface area is 137 Å². The fraction of sp³-hybridized carbons (Fsp3) is 0.444. The second-order valence-electron chi connectivity index (χ2n) is 4.70. The SMILES string of the molecule is C=CCCCCCCOc1cc(C(=O)O)cc(C(=O)O)c1.CC. The topological polar surface area (TPSA) is 83.8 Å². The predicted molar refractivity (Wildman–Crippen MR) is 90.5 cm³/mol. The number of allylic oxidation sites excluding steroid dienone is 1. The van der Waals surface area contributed by atoms with Crippen LogP contribution in [0.2, 0.25) is 0 Å². The average Bonchev–Trinajstić information content (AvgIpc) is 2.55. The molecular weight excluding hydrogens is 296 g/mol. The summed E-state index contributed by atoms with van der Waals surface area (Å²) in [5.74, 6) is -2.07. The number of rotatable bonds is 10. The molecule has 23 heavy (non-hydrogen) atoms. The standard InChI is InChI=1S/C16H20O5.C2H6/c1-2-3-4-5-6-7-8-21-14-10-12(15(17)18)9-13(11-14)16(19)20;1-2/h2,9-11H,1,3-8H2,(H,17,18)(H,19,20);1-2H3. The van der Waals surface area contributed by atoms with Gasteiger partial charge in [0.15, 0.2) is 0 Å². The minimum atomic E-state index is -1.17. The Balaban J connectivity index is 0.00000232. The Hall–Kier alpha value is -2.30. The van der Waals surface area contributed by atoms with Gasteiger partial charge in [0.2, 0.25) is 0 Å². The van der Waals surface area contributed by atoms with Crippen LogP contribution in [0.25, 0.3) is 0 Å². The normalized spacial score (nSPS) is 9.48.